The highest BCUT2D eigenvalue weighted by atomic mass is 32.1. The Morgan fingerprint density at radius 1 is 1.64 bits per heavy atom. The zero-order valence-electron chi connectivity index (χ0n) is 7.64. The van der Waals surface area contributed by atoms with Crippen molar-refractivity contribution in [2.75, 3.05) is 6.61 Å². The molecule has 0 aliphatic carbocycles. The Labute approximate surface area is 86.1 Å². The zero-order chi connectivity index (χ0) is 9.80. The van der Waals surface area contributed by atoms with Crippen molar-refractivity contribution in [3.63, 3.8) is 0 Å². The van der Waals surface area contributed by atoms with Crippen molar-refractivity contribution in [2.24, 2.45) is 5.84 Å². The van der Waals surface area contributed by atoms with Crippen molar-refractivity contribution in [3.05, 3.63) is 22.9 Å². The van der Waals surface area contributed by atoms with Crippen LogP contribution < -0.4 is 11.3 Å². The normalized spacial score (nSPS) is 18.5. The van der Waals surface area contributed by atoms with Crippen LogP contribution in [0.15, 0.2) is 18.0 Å². The van der Waals surface area contributed by atoms with Crippen LogP contribution in [0.25, 0.3) is 0 Å². The largest absolute Gasteiger partial charge is 0.501 e. The summed E-state index contributed by atoms with van der Waals surface area (Å²) in [6.07, 6.45) is 5.56. The number of hydrogen-bond donors (Lipinski definition) is 2. The Balaban J connectivity index is 2.16. The van der Waals surface area contributed by atoms with E-state index in [0.29, 0.717) is 0 Å². The average molecular weight is 212 g/mol. The van der Waals surface area contributed by atoms with Gasteiger partial charge < -0.3 is 4.74 Å². The van der Waals surface area contributed by atoms with Crippen LogP contribution in [0.1, 0.15) is 23.8 Å². The third-order valence-electron chi connectivity index (χ3n) is 2.16. The minimum Gasteiger partial charge on any atom is -0.501 e. The van der Waals surface area contributed by atoms with Crippen LogP contribution in [0.5, 0.6) is 0 Å². The first-order valence-corrected chi connectivity index (χ1v) is 5.23. The molecule has 1 aromatic rings. The smallest absolute Gasteiger partial charge is 0.0876 e. The molecular weight excluding hydrogens is 200 g/mol. The lowest BCUT2D eigenvalue weighted by Gasteiger charge is -2.20. The molecule has 2 rings (SSSR count). The van der Waals surface area contributed by atoms with Gasteiger partial charge in [-0.05, 0) is 29.9 Å². The van der Waals surface area contributed by atoms with Crippen molar-refractivity contribution < 1.29 is 4.74 Å². The van der Waals surface area contributed by atoms with E-state index in [1.165, 1.54) is 11.5 Å². The molecular formula is C8H12N4OS. The number of rotatable bonds is 3. The third-order valence-corrected chi connectivity index (χ3v) is 2.89. The number of nitrogens with two attached hydrogens (primary N) is 1. The summed E-state index contributed by atoms with van der Waals surface area (Å²) in [5.74, 6) is 5.50. The van der Waals surface area contributed by atoms with Gasteiger partial charge in [0.2, 0.25) is 0 Å². The van der Waals surface area contributed by atoms with E-state index in [1.54, 1.807) is 12.5 Å². The van der Waals surface area contributed by atoms with E-state index in [2.05, 4.69) is 15.0 Å². The number of nitrogens with zero attached hydrogens (tertiary/aromatic N) is 2. The highest BCUT2D eigenvalue weighted by Crippen LogP contribution is 2.27. The lowest BCUT2D eigenvalue weighted by atomic mass is 10.0. The molecule has 1 aromatic heterocycles. The van der Waals surface area contributed by atoms with E-state index in [1.807, 2.05) is 0 Å². The van der Waals surface area contributed by atoms with Crippen molar-refractivity contribution in [1.82, 2.24) is 15.0 Å². The molecule has 1 aliphatic heterocycles. The zero-order valence-corrected chi connectivity index (χ0v) is 8.46. The topological polar surface area (TPSA) is 73.1 Å². The van der Waals surface area contributed by atoms with Gasteiger partial charge in [0.05, 0.1) is 30.0 Å². The quantitative estimate of drug-likeness (QED) is 0.571. The summed E-state index contributed by atoms with van der Waals surface area (Å²) in [5.41, 5.74) is 3.91. The third kappa shape index (κ3) is 1.92. The number of aromatic nitrogens is 2. The predicted octanol–water partition coefficient (Wildman–Crippen LogP) is 0.737. The van der Waals surface area contributed by atoms with Gasteiger partial charge in [0, 0.05) is 0 Å². The Bertz CT molecular complexity index is 311. The molecule has 1 atom stereocenters. The van der Waals surface area contributed by atoms with Crippen molar-refractivity contribution >= 4 is 11.5 Å². The van der Waals surface area contributed by atoms with Gasteiger partial charge in [0.1, 0.15) is 0 Å². The SMILES string of the molecule is NNC(C1=COCCC1)c1cnns1. The highest BCUT2D eigenvalue weighted by Gasteiger charge is 2.19. The van der Waals surface area contributed by atoms with Crippen LogP contribution in [0, 0.1) is 0 Å². The first kappa shape index (κ1) is 9.57. The number of hydrogen-bond acceptors (Lipinski definition) is 6. The molecule has 76 valence electrons. The molecule has 3 N–H and O–H groups in total. The summed E-state index contributed by atoms with van der Waals surface area (Å²) in [5, 5.41) is 3.79. The lowest BCUT2D eigenvalue weighted by molar-refractivity contribution is 0.219. The second-order valence-electron chi connectivity index (χ2n) is 3.09. The molecule has 1 unspecified atom stereocenters. The van der Waals surface area contributed by atoms with E-state index in [-0.39, 0.29) is 6.04 Å². The van der Waals surface area contributed by atoms with Crippen LogP contribution in [0.2, 0.25) is 0 Å². The van der Waals surface area contributed by atoms with E-state index in [4.69, 9.17) is 10.6 Å². The van der Waals surface area contributed by atoms with E-state index >= 15 is 0 Å². The maximum atomic E-state index is 5.50. The molecule has 0 radical (unpaired) electrons. The molecule has 1 aliphatic rings. The summed E-state index contributed by atoms with van der Waals surface area (Å²) in [4.78, 5) is 1.02. The maximum absolute atomic E-state index is 5.50. The van der Waals surface area contributed by atoms with Gasteiger partial charge in [-0.25, -0.2) is 5.43 Å². The Morgan fingerprint density at radius 2 is 2.57 bits per heavy atom. The fraction of sp³-hybridized carbons (Fsp3) is 0.500. The summed E-state index contributed by atoms with van der Waals surface area (Å²) in [6.45, 7) is 0.793. The molecule has 14 heavy (non-hydrogen) atoms. The standard InChI is InChI=1S/C8H12N4OS/c9-11-8(7-4-10-12-14-7)6-2-1-3-13-5-6/h4-5,8,11H,1-3,9H2. The second kappa shape index (κ2) is 4.50. The number of ether oxygens (including phenoxy) is 1. The van der Waals surface area contributed by atoms with Gasteiger partial charge in [-0.1, -0.05) is 4.49 Å². The number of nitrogens with one attached hydrogen (secondary N) is 1. The molecule has 0 spiro atoms. The summed E-state index contributed by atoms with van der Waals surface area (Å²) in [7, 11) is 0. The van der Waals surface area contributed by atoms with Gasteiger partial charge in [-0.3, -0.25) is 5.84 Å². The number of hydrazine groups is 1. The maximum Gasteiger partial charge on any atom is 0.0876 e. The van der Waals surface area contributed by atoms with Gasteiger partial charge in [0.25, 0.3) is 0 Å². The van der Waals surface area contributed by atoms with Crippen LogP contribution in [-0.2, 0) is 4.74 Å². The Hall–Kier alpha value is -0.980. The molecule has 0 saturated carbocycles. The molecule has 6 heteroatoms. The molecule has 0 amide bonds. The van der Waals surface area contributed by atoms with E-state index < -0.39 is 0 Å². The summed E-state index contributed by atoms with van der Waals surface area (Å²) in [6, 6.07) is -0.00435. The lowest BCUT2D eigenvalue weighted by Crippen LogP contribution is -2.29. The van der Waals surface area contributed by atoms with Crippen molar-refractivity contribution in [2.45, 2.75) is 18.9 Å². The molecule has 0 bridgehead atoms. The minimum absolute atomic E-state index is 0.00435. The molecule has 0 saturated heterocycles. The minimum atomic E-state index is -0.00435. The Kier molecular flexibility index (Phi) is 3.07. The fourth-order valence-corrected chi connectivity index (χ4v) is 2.08. The van der Waals surface area contributed by atoms with Crippen LogP contribution in [-0.4, -0.2) is 16.2 Å². The summed E-state index contributed by atoms with van der Waals surface area (Å²) < 4.78 is 9.08. The van der Waals surface area contributed by atoms with Crippen LogP contribution in [0.3, 0.4) is 0 Å². The van der Waals surface area contributed by atoms with Crippen LogP contribution >= 0.6 is 11.5 Å². The van der Waals surface area contributed by atoms with Crippen molar-refractivity contribution in [3.8, 4) is 0 Å². The second-order valence-corrected chi connectivity index (χ2v) is 3.90. The highest BCUT2D eigenvalue weighted by molar-refractivity contribution is 7.05. The molecule has 5 nitrogen and oxygen atoms in total. The summed E-state index contributed by atoms with van der Waals surface area (Å²) >= 11 is 1.35. The molecule has 0 aromatic carbocycles. The molecule has 2 heterocycles. The van der Waals surface area contributed by atoms with Crippen molar-refractivity contribution in [1.29, 1.82) is 0 Å². The van der Waals surface area contributed by atoms with Gasteiger partial charge >= 0.3 is 0 Å². The average Bonchev–Trinajstić information content (AvgIpc) is 2.74. The Morgan fingerprint density at radius 3 is 3.14 bits per heavy atom. The van der Waals surface area contributed by atoms with E-state index in [0.717, 1.165) is 29.9 Å². The first-order valence-electron chi connectivity index (χ1n) is 4.45. The predicted molar refractivity (Wildman–Crippen MR) is 53.2 cm³/mol. The van der Waals surface area contributed by atoms with E-state index in [9.17, 15) is 0 Å². The van der Waals surface area contributed by atoms with Crippen LogP contribution in [0.4, 0.5) is 0 Å². The van der Waals surface area contributed by atoms with Gasteiger partial charge in [-0.15, -0.1) is 5.10 Å². The monoisotopic (exact) mass is 212 g/mol. The fourth-order valence-electron chi connectivity index (χ4n) is 1.47. The van der Waals surface area contributed by atoms with Gasteiger partial charge in [-0.2, -0.15) is 0 Å². The van der Waals surface area contributed by atoms with Gasteiger partial charge in [0.15, 0.2) is 0 Å². The first-order chi connectivity index (χ1) is 6.92. The molecule has 0 fully saturated rings.